The molecule has 1 aliphatic rings. The van der Waals surface area contributed by atoms with Gasteiger partial charge in [-0.25, -0.2) is 8.78 Å². The van der Waals surface area contributed by atoms with Gasteiger partial charge in [0.15, 0.2) is 0 Å². The minimum Gasteiger partial charge on any atom is -0.378 e. The fourth-order valence-electron chi connectivity index (χ4n) is 1.55. The molecular formula is C10H11F2NO. The Balaban J connectivity index is 2.22. The van der Waals surface area contributed by atoms with Gasteiger partial charge in [0.2, 0.25) is 0 Å². The van der Waals surface area contributed by atoms with Crippen molar-refractivity contribution in [2.75, 3.05) is 19.8 Å². The monoisotopic (exact) mass is 199 g/mol. The van der Waals surface area contributed by atoms with Gasteiger partial charge in [-0.05, 0) is 6.07 Å². The van der Waals surface area contributed by atoms with Gasteiger partial charge in [-0.15, -0.1) is 0 Å². The molecule has 1 heterocycles. The number of hydrogen-bond acceptors (Lipinski definition) is 2. The van der Waals surface area contributed by atoms with E-state index >= 15 is 0 Å². The summed E-state index contributed by atoms with van der Waals surface area (Å²) >= 11 is 0. The summed E-state index contributed by atoms with van der Waals surface area (Å²) in [4.78, 5) is 0. The van der Waals surface area contributed by atoms with Crippen LogP contribution in [-0.2, 0) is 4.74 Å². The van der Waals surface area contributed by atoms with Crippen molar-refractivity contribution in [1.29, 1.82) is 0 Å². The number of ether oxygens (including phenoxy) is 1. The molecule has 1 aromatic rings. The van der Waals surface area contributed by atoms with Gasteiger partial charge in [0.05, 0.1) is 19.3 Å². The van der Waals surface area contributed by atoms with E-state index in [1.165, 1.54) is 12.1 Å². The van der Waals surface area contributed by atoms with Crippen LogP contribution in [0.25, 0.3) is 0 Å². The van der Waals surface area contributed by atoms with Gasteiger partial charge in [-0.3, -0.25) is 0 Å². The molecule has 2 rings (SSSR count). The third-order valence-electron chi connectivity index (χ3n) is 2.26. The van der Waals surface area contributed by atoms with Gasteiger partial charge in [0.25, 0.3) is 0 Å². The molecule has 1 N–H and O–H groups in total. The molecule has 76 valence electrons. The Hall–Kier alpha value is -1.00. The summed E-state index contributed by atoms with van der Waals surface area (Å²) in [7, 11) is 0. The fourth-order valence-corrected chi connectivity index (χ4v) is 1.55. The minimum atomic E-state index is -0.553. The predicted octanol–water partition coefficient (Wildman–Crippen LogP) is 1.63. The topological polar surface area (TPSA) is 21.3 Å². The summed E-state index contributed by atoms with van der Waals surface area (Å²) in [5.74, 6) is -1.07. The largest absolute Gasteiger partial charge is 0.378 e. The van der Waals surface area contributed by atoms with Crippen molar-refractivity contribution in [2.24, 2.45) is 0 Å². The number of hydrogen-bond donors (Lipinski definition) is 1. The summed E-state index contributed by atoms with van der Waals surface area (Å²) in [6.45, 7) is 1.77. The number of nitrogens with one attached hydrogen (secondary N) is 1. The molecule has 2 nitrogen and oxygen atoms in total. The Bertz CT molecular complexity index is 324. The van der Waals surface area contributed by atoms with Crippen LogP contribution < -0.4 is 5.32 Å². The number of rotatable bonds is 1. The van der Waals surface area contributed by atoms with Crippen LogP contribution in [0.2, 0.25) is 0 Å². The molecule has 0 radical (unpaired) electrons. The first-order valence-corrected chi connectivity index (χ1v) is 4.53. The van der Waals surface area contributed by atoms with Crippen LogP contribution >= 0.6 is 0 Å². The second-order valence-electron chi connectivity index (χ2n) is 3.25. The lowest BCUT2D eigenvalue weighted by atomic mass is 10.1. The zero-order chi connectivity index (χ0) is 9.97. The van der Waals surface area contributed by atoms with Crippen LogP contribution in [0, 0.1) is 11.6 Å². The molecule has 14 heavy (non-hydrogen) atoms. The van der Waals surface area contributed by atoms with Gasteiger partial charge in [0, 0.05) is 18.2 Å². The van der Waals surface area contributed by atoms with Crippen LogP contribution in [0.3, 0.4) is 0 Å². The molecular weight excluding hydrogens is 188 g/mol. The van der Waals surface area contributed by atoms with Crippen molar-refractivity contribution < 1.29 is 13.5 Å². The molecule has 1 aliphatic heterocycles. The van der Waals surface area contributed by atoms with E-state index in [2.05, 4.69) is 5.32 Å². The molecule has 0 bridgehead atoms. The first-order chi connectivity index (χ1) is 6.77. The maximum Gasteiger partial charge on any atom is 0.130 e. The van der Waals surface area contributed by atoms with Crippen molar-refractivity contribution in [3.8, 4) is 0 Å². The van der Waals surface area contributed by atoms with Gasteiger partial charge >= 0.3 is 0 Å². The van der Waals surface area contributed by atoms with Crippen molar-refractivity contribution in [2.45, 2.75) is 6.04 Å². The normalized spacial score (nSPS) is 22.3. The Morgan fingerprint density at radius 2 is 2.21 bits per heavy atom. The molecule has 0 aliphatic carbocycles. The molecule has 4 heteroatoms. The van der Waals surface area contributed by atoms with Crippen LogP contribution in [0.1, 0.15) is 11.6 Å². The van der Waals surface area contributed by atoms with E-state index in [9.17, 15) is 8.78 Å². The summed E-state index contributed by atoms with van der Waals surface area (Å²) in [5, 5.41) is 3.11. The third kappa shape index (κ3) is 1.91. The van der Waals surface area contributed by atoms with Crippen LogP contribution in [0.4, 0.5) is 8.78 Å². The highest BCUT2D eigenvalue weighted by Gasteiger charge is 2.18. The Morgan fingerprint density at radius 1 is 1.36 bits per heavy atom. The second kappa shape index (κ2) is 4.02. The molecule has 1 atom stereocenters. The van der Waals surface area contributed by atoms with Crippen molar-refractivity contribution in [3.05, 3.63) is 35.4 Å². The summed E-state index contributed by atoms with van der Waals surface area (Å²) in [6.07, 6.45) is 0. The molecule has 0 spiro atoms. The van der Waals surface area contributed by atoms with Gasteiger partial charge in [-0.1, -0.05) is 6.07 Å². The quantitative estimate of drug-likeness (QED) is 0.742. The van der Waals surface area contributed by atoms with E-state index in [-0.39, 0.29) is 6.04 Å². The zero-order valence-corrected chi connectivity index (χ0v) is 7.59. The molecule has 0 saturated carbocycles. The maximum absolute atomic E-state index is 13.3. The van der Waals surface area contributed by atoms with Crippen LogP contribution in [-0.4, -0.2) is 19.8 Å². The maximum atomic E-state index is 13.3. The van der Waals surface area contributed by atoms with E-state index in [1.54, 1.807) is 0 Å². The van der Waals surface area contributed by atoms with Crippen molar-refractivity contribution in [3.63, 3.8) is 0 Å². The van der Waals surface area contributed by atoms with E-state index < -0.39 is 11.6 Å². The lowest BCUT2D eigenvalue weighted by Gasteiger charge is -2.24. The van der Waals surface area contributed by atoms with E-state index in [1.807, 2.05) is 0 Å². The molecule has 1 saturated heterocycles. The highest BCUT2D eigenvalue weighted by Crippen LogP contribution is 2.19. The zero-order valence-electron chi connectivity index (χ0n) is 7.59. The van der Waals surface area contributed by atoms with Gasteiger partial charge in [0.1, 0.15) is 11.6 Å². The van der Waals surface area contributed by atoms with Crippen molar-refractivity contribution in [1.82, 2.24) is 5.32 Å². The SMILES string of the molecule is Fc1ccc([C@@H]2COCCN2)c(F)c1. The number of morpholine rings is 1. The van der Waals surface area contributed by atoms with Crippen LogP contribution in [0.15, 0.2) is 18.2 Å². The molecule has 0 aromatic heterocycles. The highest BCUT2D eigenvalue weighted by atomic mass is 19.1. The van der Waals surface area contributed by atoms with Crippen LogP contribution in [0.5, 0.6) is 0 Å². The number of benzene rings is 1. The molecule has 1 aromatic carbocycles. The summed E-state index contributed by atoms with van der Waals surface area (Å²) < 4.78 is 31.1. The fraction of sp³-hybridized carbons (Fsp3) is 0.400. The lowest BCUT2D eigenvalue weighted by molar-refractivity contribution is 0.0757. The first kappa shape index (κ1) is 9.55. The smallest absolute Gasteiger partial charge is 0.130 e. The summed E-state index contributed by atoms with van der Waals surface area (Å²) in [5.41, 5.74) is 0.464. The standard InChI is InChI=1S/C10H11F2NO/c11-7-1-2-8(9(12)5-7)10-6-14-4-3-13-10/h1-2,5,10,13H,3-4,6H2/t10-/m0/s1. The Labute approximate surface area is 80.9 Å². The second-order valence-corrected chi connectivity index (χ2v) is 3.25. The van der Waals surface area contributed by atoms with Gasteiger partial charge < -0.3 is 10.1 Å². The predicted molar refractivity (Wildman–Crippen MR) is 47.9 cm³/mol. The first-order valence-electron chi connectivity index (χ1n) is 4.53. The molecule has 1 fully saturated rings. The highest BCUT2D eigenvalue weighted by molar-refractivity contribution is 5.22. The average Bonchev–Trinajstić information content (AvgIpc) is 2.19. The minimum absolute atomic E-state index is 0.163. The van der Waals surface area contributed by atoms with Gasteiger partial charge in [-0.2, -0.15) is 0 Å². The van der Waals surface area contributed by atoms with E-state index in [4.69, 9.17) is 4.74 Å². The summed E-state index contributed by atoms with van der Waals surface area (Å²) in [6, 6.07) is 3.45. The van der Waals surface area contributed by atoms with Crippen molar-refractivity contribution >= 4 is 0 Å². The van der Waals surface area contributed by atoms with E-state index in [0.29, 0.717) is 25.3 Å². The lowest BCUT2D eigenvalue weighted by Crippen LogP contribution is -2.35. The molecule has 0 amide bonds. The Morgan fingerprint density at radius 3 is 2.86 bits per heavy atom. The average molecular weight is 199 g/mol. The van der Waals surface area contributed by atoms with E-state index in [0.717, 1.165) is 6.07 Å². The number of halogens is 2. The molecule has 0 unspecified atom stereocenters. The Kier molecular flexibility index (Phi) is 2.74. The third-order valence-corrected chi connectivity index (χ3v) is 2.26.